The third-order valence-corrected chi connectivity index (χ3v) is 4.94. The summed E-state index contributed by atoms with van der Waals surface area (Å²) in [5.41, 5.74) is -0.793. The van der Waals surface area contributed by atoms with Crippen molar-refractivity contribution < 1.29 is 24.5 Å². The van der Waals surface area contributed by atoms with Crippen LogP contribution in [0.2, 0.25) is 0 Å². The third-order valence-electron chi connectivity index (χ3n) is 4.94. The Labute approximate surface area is 150 Å². The molecule has 0 aromatic carbocycles. The number of carbonyl (C=O) groups excluding carboxylic acids is 2. The summed E-state index contributed by atoms with van der Waals surface area (Å²) in [7, 11) is 6.06. The van der Waals surface area contributed by atoms with Gasteiger partial charge < -0.3 is 24.7 Å². The van der Waals surface area contributed by atoms with Crippen molar-refractivity contribution in [3.63, 3.8) is 0 Å². The van der Waals surface area contributed by atoms with E-state index in [-0.39, 0.29) is 11.8 Å². The van der Waals surface area contributed by atoms with Crippen LogP contribution in [-0.2, 0) is 14.3 Å². The summed E-state index contributed by atoms with van der Waals surface area (Å²) in [5.74, 6) is -1.08. The van der Waals surface area contributed by atoms with Crippen LogP contribution >= 0.6 is 0 Å². The summed E-state index contributed by atoms with van der Waals surface area (Å²) >= 11 is 0. The molecule has 0 bridgehead atoms. The fourth-order valence-electron chi connectivity index (χ4n) is 3.16. The molecule has 1 saturated carbocycles. The molecular weight excluding hydrogens is 324 g/mol. The molecule has 1 fully saturated rings. The average Bonchev–Trinajstić information content (AvgIpc) is 2.91. The smallest absolute Gasteiger partial charge is 0.266 e. The molecule has 7 nitrogen and oxygen atoms in total. The predicted molar refractivity (Wildman–Crippen MR) is 94.5 cm³/mol. The van der Waals surface area contributed by atoms with E-state index in [1.54, 1.807) is 6.08 Å². The lowest BCUT2D eigenvalue weighted by Crippen LogP contribution is -2.49. The minimum Gasteiger partial charge on any atom is -0.485 e. The van der Waals surface area contributed by atoms with Gasteiger partial charge in [-0.2, -0.15) is 0 Å². The van der Waals surface area contributed by atoms with E-state index in [0.29, 0.717) is 0 Å². The fraction of sp³-hybridized carbons (Fsp3) is 0.778. The molecule has 1 aliphatic carbocycles. The molecule has 1 rings (SSSR count). The Morgan fingerprint density at radius 2 is 1.72 bits per heavy atom. The number of carbonyl (C=O) groups is 2. The van der Waals surface area contributed by atoms with Crippen molar-refractivity contribution in [1.29, 1.82) is 0 Å². The molecule has 1 aliphatic rings. The van der Waals surface area contributed by atoms with Crippen molar-refractivity contribution in [2.24, 2.45) is 11.8 Å². The Kier molecular flexibility index (Phi) is 7.44. The van der Waals surface area contributed by atoms with Gasteiger partial charge in [0.2, 0.25) is 6.10 Å². The van der Waals surface area contributed by atoms with E-state index < -0.39 is 29.6 Å². The molecule has 0 saturated heterocycles. The highest BCUT2D eigenvalue weighted by molar-refractivity contribution is 5.90. The van der Waals surface area contributed by atoms with Gasteiger partial charge in [0, 0.05) is 34.1 Å². The number of hydrogen-bond acceptors (Lipinski definition) is 5. The monoisotopic (exact) mass is 356 g/mol. The third kappa shape index (κ3) is 4.95. The molecule has 0 aliphatic heterocycles. The summed E-state index contributed by atoms with van der Waals surface area (Å²) in [6, 6.07) is 0. The molecule has 0 heterocycles. The molecule has 0 radical (unpaired) electrons. The van der Waals surface area contributed by atoms with Gasteiger partial charge in [0.05, 0.1) is 11.9 Å². The van der Waals surface area contributed by atoms with Crippen LogP contribution < -0.4 is 0 Å². The van der Waals surface area contributed by atoms with E-state index in [4.69, 9.17) is 4.74 Å². The zero-order chi connectivity index (χ0) is 19.4. The van der Waals surface area contributed by atoms with Crippen molar-refractivity contribution in [3.8, 4) is 0 Å². The van der Waals surface area contributed by atoms with E-state index >= 15 is 0 Å². The lowest BCUT2D eigenvalue weighted by molar-refractivity contribution is -0.155. The standard InChI is InChI=1S/C18H32N2O5/c1-12(2)18(24)10-7-8-13(18)9-11-25-15(17(23)20(5)6)14(21)16(22)19(3)4/h9,11-15,21,24H,7-8,10H2,1-6H3/b11-9+/t13-,14+,15+,18+/m0/s1. The summed E-state index contributed by atoms with van der Waals surface area (Å²) in [6.45, 7) is 3.95. The van der Waals surface area contributed by atoms with Crippen LogP contribution in [0.5, 0.6) is 0 Å². The molecule has 144 valence electrons. The Hall–Kier alpha value is -1.60. The summed E-state index contributed by atoms with van der Waals surface area (Å²) in [6.07, 6.45) is 2.63. The zero-order valence-corrected chi connectivity index (χ0v) is 16.1. The molecule has 0 aromatic heterocycles. The molecule has 2 amide bonds. The van der Waals surface area contributed by atoms with Gasteiger partial charge in [-0.25, -0.2) is 0 Å². The highest BCUT2D eigenvalue weighted by Crippen LogP contribution is 2.41. The second kappa shape index (κ2) is 8.67. The lowest BCUT2D eigenvalue weighted by atomic mass is 9.81. The van der Waals surface area contributed by atoms with Gasteiger partial charge in [-0.1, -0.05) is 13.8 Å². The van der Waals surface area contributed by atoms with Crippen LogP contribution in [0.3, 0.4) is 0 Å². The number of likely N-dealkylation sites (N-methyl/N-ethyl adjacent to an activating group) is 2. The number of nitrogens with zero attached hydrogens (tertiary/aromatic N) is 2. The quantitative estimate of drug-likeness (QED) is 0.652. The number of aliphatic hydroxyl groups is 2. The maximum absolute atomic E-state index is 12.3. The summed E-state index contributed by atoms with van der Waals surface area (Å²) in [5, 5.41) is 21.0. The molecular formula is C18H32N2O5. The van der Waals surface area contributed by atoms with Gasteiger partial charge in [0.15, 0.2) is 6.10 Å². The topological polar surface area (TPSA) is 90.3 Å². The van der Waals surface area contributed by atoms with E-state index in [2.05, 4.69) is 0 Å². The fourth-order valence-corrected chi connectivity index (χ4v) is 3.16. The number of hydrogen-bond donors (Lipinski definition) is 2. The minimum absolute atomic E-state index is 0.0794. The molecule has 25 heavy (non-hydrogen) atoms. The second-order valence-electron chi connectivity index (χ2n) is 7.44. The Bertz CT molecular complexity index is 504. The van der Waals surface area contributed by atoms with Gasteiger partial charge in [0.25, 0.3) is 11.8 Å². The molecule has 2 N–H and O–H groups in total. The van der Waals surface area contributed by atoms with Gasteiger partial charge in [-0.05, 0) is 31.3 Å². The van der Waals surface area contributed by atoms with Crippen molar-refractivity contribution in [1.82, 2.24) is 9.80 Å². The average molecular weight is 356 g/mol. The van der Waals surface area contributed by atoms with Crippen LogP contribution in [0.25, 0.3) is 0 Å². The van der Waals surface area contributed by atoms with Gasteiger partial charge >= 0.3 is 0 Å². The van der Waals surface area contributed by atoms with E-state index in [9.17, 15) is 19.8 Å². The summed E-state index contributed by atoms with van der Waals surface area (Å²) < 4.78 is 5.45. The first-order valence-electron chi connectivity index (χ1n) is 8.67. The molecule has 4 atom stereocenters. The van der Waals surface area contributed by atoms with Crippen LogP contribution in [0.1, 0.15) is 33.1 Å². The first-order chi connectivity index (χ1) is 11.5. The van der Waals surface area contributed by atoms with Crippen molar-refractivity contribution in [3.05, 3.63) is 12.3 Å². The molecule has 0 spiro atoms. The Balaban J connectivity index is 2.88. The van der Waals surface area contributed by atoms with Crippen molar-refractivity contribution >= 4 is 11.8 Å². The highest BCUT2D eigenvalue weighted by atomic mass is 16.5. The normalized spacial score (nSPS) is 25.9. The van der Waals surface area contributed by atoms with Crippen LogP contribution in [0.4, 0.5) is 0 Å². The van der Waals surface area contributed by atoms with E-state index in [1.807, 2.05) is 13.8 Å². The number of ether oxygens (including phenoxy) is 1. The minimum atomic E-state index is -1.60. The van der Waals surface area contributed by atoms with E-state index in [1.165, 1.54) is 44.3 Å². The molecule has 7 heteroatoms. The maximum atomic E-state index is 12.3. The number of rotatable bonds is 7. The highest BCUT2D eigenvalue weighted by Gasteiger charge is 2.42. The molecule has 0 aromatic rings. The van der Waals surface area contributed by atoms with Crippen LogP contribution in [-0.4, -0.2) is 77.8 Å². The van der Waals surface area contributed by atoms with Gasteiger partial charge in [-0.3, -0.25) is 9.59 Å². The Morgan fingerprint density at radius 3 is 2.20 bits per heavy atom. The van der Waals surface area contributed by atoms with Gasteiger partial charge in [-0.15, -0.1) is 0 Å². The largest absolute Gasteiger partial charge is 0.485 e. The van der Waals surface area contributed by atoms with Crippen molar-refractivity contribution in [2.75, 3.05) is 28.2 Å². The predicted octanol–water partition coefficient (Wildman–Crippen LogP) is 0.610. The lowest BCUT2D eigenvalue weighted by Gasteiger charge is -2.32. The zero-order valence-electron chi connectivity index (χ0n) is 16.1. The Morgan fingerprint density at radius 1 is 1.16 bits per heavy atom. The van der Waals surface area contributed by atoms with E-state index in [0.717, 1.165) is 19.3 Å². The molecule has 0 unspecified atom stereocenters. The maximum Gasteiger partial charge on any atom is 0.266 e. The van der Waals surface area contributed by atoms with Crippen LogP contribution in [0.15, 0.2) is 12.3 Å². The van der Waals surface area contributed by atoms with Crippen molar-refractivity contribution in [2.45, 2.75) is 50.9 Å². The van der Waals surface area contributed by atoms with Gasteiger partial charge in [0.1, 0.15) is 0 Å². The second-order valence-corrected chi connectivity index (χ2v) is 7.44. The number of amides is 2. The first kappa shape index (κ1) is 21.4. The SMILES string of the molecule is CC(C)[C@]1(O)CCC[C@H]1/C=C/O[C@@H](C(=O)N(C)C)[C@@H](O)C(=O)N(C)C. The number of aliphatic hydroxyl groups excluding tert-OH is 1. The summed E-state index contributed by atoms with van der Waals surface area (Å²) in [4.78, 5) is 26.7. The first-order valence-corrected chi connectivity index (χ1v) is 8.67. The van der Waals surface area contributed by atoms with Crippen LogP contribution in [0, 0.1) is 11.8 Å².